The van der Waals surface area contributed by atoms with Gasteiger partial charge in [-0.1, -0.05) is 0 Å². The lowest BCUT2D eigenvalue weighted by atomic mass is 10.1. The lowest BCUT2D eigenvalue weighted by Gasteiger charge is -2.21. The van der Waals surface area contributed by atoms with Crippen molar-refractivity contribution in [2.75, 3.05) is 42.5 Å². The third-order valence-corrected chi connectivity index (χ3v) is 4.01. The lowest BCUT2D eigenvalue weighted by molar-refractivity contribution is 0.602. The zero-order chi connectivity index (χ0) is 12.4. The second-order valence-electron chi connectivity index (χ2n) is 5.26. The van der Waals surface area contributed by atoms with Gasteiger partial charge < -0.3 is 15.5 Å². The minimum absolute atomic E-state index is 0.621. The third kappa shape index (κ3) is 2.27. The van der Waals surface area contributed by atoms with Crippen LogP contribution in [0.3, 0.4) is 0 Å². The highest BCUT2D eigenvalue weighted by Crippen LogP contribution is 2.25. The van der Waals surface area contributed by atoms with E-state index in [1.165, 1.54) is 19.3 Å². The van der Waals surface area contributed by atoms with Crippen LogP contribution in [0.2, 0.25) is 0 Å². The van der Waals surface area contributed by atoms with Crippen LogP contribution in [0.15, 0.2) is 12.4 Å². The number of rotatable bonds is 3. The molecular formula is C13H21N5. The number of anilines is 2. The average Bonchev–Trinajstić information content (AvgIpc) is 3.10. The van der Waals surface area contributed by atoms with Crippen LogP contribution in [0, 0.1) is 5.92 Å². The number of nitrogens with two attached hydrogens (primary N) is 1. The Morgan fingerprint density at radius 2 is 1.83 bits per heavy atom. The van der Waals surface area contributed by atoms with Crippen LogP contribution in [-0.4, -0.2) is 42.7 Å². The summed E-state index contributed by atoms with van der Waals surface area (Å²) in [5.41, 5.74) is 5.74. The van der Waals surface area contributed by atoms with Crippen molar-refractivity contribution in [3.63, 3.8) is 0 Å². The van der Waals surface area contributed by atoms with Crippen LogP contribution in [0.5, 0.6) is 0 Å². The van der Waals surface area contributed by atoms with Gasteiger partial charge in [0.1, 0.15) is 18.0 Å². The van der Waals surface area contributed by atoms with Gasteiger partial charge in [-0.05, 0) is 31.7 Å². The molecule has 2 saturated heterocycles. The lowest BCUT2D eigenvalue weighted by Crippen LogP contribution is -2.25. The summed E-state index contributed by atoms with van der Waals surface area (Å²) in [5, 5.41) is 0. The Balaban J connectivity index is 1.74. The summed E-state index contributed by atoms with van der Waals surface area (Å²) in [5.74, 6) is 2.76. The summed E-state index contributed by atoms with van der Waals surface area (Å²) in [6, 6.07) is 2.13. The van der Waals surface area contributed by atoms with Gasteiger partial charge in [-0.25, -0.2) is 9.97 Å². The minimum Gasteiger partial charge on any atom is -0.356 e. The maximum absolute atomic E-state index is 5.74. The van der Waals surface area contributed by atoms with Crippen LogP contribution in [0.25, 0.3) is 0 Å². The van der Waals surface area contributed by atoms with Crippen molar-refractivity contribution in [2.24, 2.45) is 11.7 Å². The molecule has 98 valence electrons. The summed E-state index contributed by atoms with van der Waals surface area (Å²) in [4.78, 5) is 13.5. The fourth-order valence-corrected chi connectivity index (χ4v) is 2.86. The van der Waals surface area contributed by atoms with Gasteiger partial charge in [-0.2, -0.15) is 0 Å². The summed E-state index contributed by atoms with van der Waals surface area (Å²) in [7, 11) is 0. The van der Waals surface area contributed by atoms with E-state index in [9.17, 15) is 0 Å². The average molecular weight is 247 g/mol. The maximum atomic E-state index is 5.74. The smallest absolute Gasteiger partial charge is 0.134 e. The minimum atomic E-state index is 0.621. The van der Waals surface area contributed by atoms with Crippen LogP contribution < -0.4 is 15.5 Å². The number of hydrogen-bond acceptors (Lipinski definition) is 5. The highest BCUT2D eigenvalue weighted by molar-refractivity contribution is 5.51. The van der Waals surface area contributed by atoms with Gasteiger partial charge in [0.2, 0.25) is 0 Å². The maximum Gasteiger partial charge on any atom is 0.134 e. The molecule has 0 spiro atoms. The molecule has 3 rings (SSSR count). The molecule has 3 heterocycles. The summed E-state index contributed by atoms with van der Waals surface area (Å²) >= 11 is 0. The molecule has 2 aliphatic heterocycles. The Morgan fingerprint density at radius 3 is 2.50 bits per heavy atom. The Labute approximate surface area is 108 Å². The molecule has 1 aromatic rings. The first-order valence-electron chi connectivity index (χ1n) is 6.89. The Kier molecular flexibility index (Phi) is 3.32. The van der Waals surface area contributed by atoms with E-state index in [4.69, 9.17) is 5.73 Å². The van der Waals surface area contributed by atoms with Gasteiger partial charge in [0, 0.05) is 32.2 Å². The molecule has 2 N–H and O–H groups in total. The van der Waals surface area contributed by atoms with E-state index in [0.717, 1.165) is 44.4 Å². The highest BCUT2D eigenvalue weighted by Gasteiger charge is 2.23. The van der Waals surface area contributed by atoms with E-state index in [-0.39, 0.29) is 0 Å². The quantitative estimate of drug-likeness (QED) is 0.858. The highest BCUT2D eigenvalue weighted by atomic mass is 15.2. The van der Waals surface area contributed by atoms with Crippen LogP contribution in [-0.2, 0) is 0 Å². The van der Waals surface area contributed by atoms with E-state index >= 15 is 0 Å². The van der Waals surface area contributed by atoms with Crippen molar-refractivity contribution in [2.45, 2.75) is 19.3 Å². The first kappa shape index (κ1) is 11.7. The topological polar surface area (TPSA) is 58.3 Å². The van der Waals surface area contributed by atoms with E-state index in [1.54, 1.807) is 6.33 Å². The van der Waals surface area contributed by atoms with Crippen molar-refractivity contribution in [3.05, 3.63) is 12.4 Å². The predicted molar refractivity (Wildman–Crippen MR) is 72.9 cm³/mol. The van der Waals surface area contributed by atoms with Crippen LogP contribution >= 0.6 is 0 Å². The van der Waals surface area contributed by atoms with Gasteiger partial charge in [0.25, 0.3) is 0 Å². The van der Waals surface area contributed by atoms with Crippen molar-refractivity contribution >= 4 is 11.6 Å². The fourth-order valence-electron chi connectivity index (χ4n) is 2.86. The zero-order valence-electron chi connectivity index (χ0n) is 10.8. The molecule has 2 aliphatic rings. The molecule has 0 bridgehead atoms. The SMILES string of the molecule is NCC1CCN(c2cc(N3CCCC3)ncn2)C1. The molecule has 0 aliphatic carbocycles. The molecule has 0 saturated carbocycles. The molecule has 18 heavy (non-hydrogen) atoms. The fraction of sp³-hybridized carbons (Fsp3) is 0.692. The molecule has 0 amide bonds. The van der Waals surface area contributed by atoms with Crippen LogP contribution in [0.1, 0.15) is 19.3 Å². The number of hydrogen-bond donors (Lipinski definition) is 1. The first-order valence-corrected chi connectivity index (χ1v) is 6.89. The van der Waals surface area contributed by atoms with Gasteiger partial charge in [0.15, 0.2) is 0 Å². The molecule has 5 nitrogen and oxygen atoms in total. The third-order valence-electron chi connectivity index (χ3n) is 4.01. The normalized spacial score (nSPS) is 23.9. The second kappa shape index (κ2) is 5.10. The molecular weight excluding hydrogens is 226 g/mol. The van der Waals surface area contributed by atoms with Gasteiger partial charge >= 0.3 is 0 Å². The summed E-state index contributed by atoms with van der Waals surface area (Å²) < 4.78 is 0. The molecule has 1 atom stereocenters. The second-order valence-corrected chi connectivity index (χ2v) is 5.26. The van der Waals surface area contributed by atoms with Gasteiger partial charge in [-0.3, -0.25) is 0 Å². The Hall–Kier alpha value is -1.36. The Bertz CT molecular complexity index is 402. The Morgan fingerprint density at radius 1 is 1.11 bits per heavy atom. The molecule has 0 aromatic carbocycles. The van der Waals surface area contributed by atoms with Crippen LogP contribution in [0.4, 0.5) is 11.6 Å². The van der Waals surface area contributed by atoms with Gasteiger partial charge in [-0.15, -0.1) is 0 Å². The molecule has 1 unspecified atom stereocenters. The van der Waals surface area contributed by atoms with E-state index in [1.807, 2.05) is 0 Å². The van der Waals surface area contributed by atoms with E-state index in [0.29, 0.717) is 5.92 Å². The molecule has 2 fully saturated rings. The van der Waals surface area contributed by atoms with E-state index < -0.39 is 0 Å². The standard InChI is InChI=1S/C13H21N5/c14-8-11-3-6-18(9-11)13-7-12(15-10-16-13)17-4-1-2-5-17/h7,10-11H,1-6,8-9,14H2. The van der Waals surface area contributed by atoms with Crippen molar-refractivity contribution < 1.29 is 0 Å². The number of aromatic nitrogens is 2. The molecule has 1 aromatic heterocycles. The van der Waals surface area contributed by atoms with Crippen molar-refractivity contribution in [3.8, 4) is 0 Å². The molecule has 0 radical (unpaired) electrons. The van der Waals surface area contributed by atoms with Gasteiger partial charge in [0.05, 0.1) is 0 Å². The first-order chi connectivity index (χ1) is 8.86. The van der Waals surface area contributed by atoms with Crippen molar-refractivity contribution in [1.29, 1.82) is 0 Å². The van der Waals surface area contributed by atoms with Crippen molar-refractivity contribution in [1.82, 2.24) is 9.97 Å². The molecule has 5 heteroatoms. The predicted octanol–water partition coefficient (Wildman–Crippen LogP) is 0.862. The summed E-state index contributed by atoms with van der Waals surface area (Å²) in [6.45, 7) is 5.13. The monoisotopic (exact) mass is 247 g/mol. The summed E-state index contributed by atoms with van der Waals surface area (Å²) in [6.07, 6.45) is 5.43. The largest absolute Gasteiger partial charge is 0.356 e. The van der Waals surface area contributed by atoms with E-state index in [2.05, 4.69) is 25.8 Å². The number of nitrogens with zero attached hydrogens (tertiary/aromatic N) is 4. The zero-order valence-corrected chi connectivity index (χ0v) is 10.8.